The quantitative estimate of drug-likeness (QED) is 0.522. The second kappa shape index (κ2) is 10.4. The number of hydrogen-bond acceptors (Lipinski definition) is 5. The average Bonchev–Trinajstić information content (AvgIpc) is 3.07. The van der Waals surface area contributed by atoms with Crippen LogP contribution in [0.15, 0.2) is 59.1 Å². The first-order valence-corrected chi connectivity index (χ1v) is 9.68. The third-order valence-electron chi connectivity index (χ3n) is 4.52. The molecular weight excluding hydrogens is 368 g/mol. The van der Waals surface area contributed by atoms with Gasteiger partial charge in [-0.3, -0.25) is 4.79 Å². The summed E-state index contributed by atoms with van der Waals surface area (Å²) in [6.45, 7) is 5.81. The molecular formula is C23H26N2O4. The molecule has 29 heavy (non-hydrogen) atoms. The summed E-state index contributed by atoms with van der Waals surface area (Å²) >= 11 is 0. The minimum Gasteiger partial charge on any atom is -0.489 e. The smallest absolute Gasteiger partial charge is 0.251 e. The standard InChI is InChI=1S/C23H26N2O4/c1-17-22(18(2)29-25-17)16-28-21-11-6-10-20(14-21)23(26)24-12-7-13-27-15-19-8-4-3-5-9-19/h3-6,8-11,14H,7,12-13,15-16H2,1-2H3,(H,24,26). The predicted octanol–water partition coefficient (Wildman–Crippen LogP) is 4.21. The molecule has 1 amide bonds. The van der Waals surface area contributed by atoms with Crippen LogP contribution in [-0.2, 0) is 18.0 Å². The van der Waals surface area contributed by atoms with Gasteiger partial charge in [-0.25, -0.2) is 0 Å². The van der Waals surface area contributed by atoms with E-state index >= 15 is 0 Å². The fraction of sp³-hybridized carbons (Fsp3) is 0.304. The summed E-state index contributed by atoms with van der Waals surface area (Å²) < 4.78 is 16.6. The minimum absolute atomic E-state index is 0.129. The van der Waals surface area contributed by atoms with E-state index in [0.717, 1.165) is 29.0 Å². The van der Waals surface area contributed by atoms with Gasteiger partial charge in [0.2, 0.25) is 0 Å². The van der Waals surface area contributed by atoms with Gasteiger partial charge in [-0.1, -0.05) is 41.6 Å². The molecule has 1 N–H and O–H groups in total. The number of nitrogens with zero attached hydrogens (tertiary/aromatic N) is 1. The number of hydrogen-bond donors (Lipinski definition) is 1. The Hall–Kier alpha value is -3.12. The van der Waals surface area contributed by atoms with E-state index < -0.39 is 0 Å². The Labute approximate surface area is 170 Å². The van der Waals surface area contributed by atoms with Gasteiger partial charge in [0.15, 0.2) is 0 Å². The molecule has 6 heteroatoms. The van der Waals surface area contributed by atoms with Crippen molar-refractivity contribution >= 4 is 5.91 Å². The van der Waals surface area contributed by atoms with Crippen molar-refractivity contribution in [1.29, 1.82) is 0 Å². The van der Waals surface area contributed by atoms with E-state index in [4.69, 9.17) is 14.0 Å². The fourth-order valence-electron chi connectivity index (χ4n) is 2.83. The van der Waals surface area contributed by atoms with E-state index in [1.165, 1.54) is 0 Å². The number of nitrogens with one attached hydrogen (secondary N) is 1. The Morgan fingerprint density at radius 2 is 1.90 bits per heavy atom. The summed E-state index contributed by atoms with van der Waals surface area (Å²) in [6, 6.07) is 17.2. The van der Waals surface area contributed by atoms with E-state index in [0.29, 0.717) is 37.7 Å². The summed E-state index contributed by atoms with van der Waals surface area (Å²) in [5.41, 5.74) is 3.44. The molecule has 1 aromatic heterocycles. The molecule has 0 bridgehead atoms. The van der Waals surface area contributed by atoms with Crippen LogP contribution in [-0.4, -0.2) is 24.2 Å². The topological polar surface area (TPSA) is 73.6 Å². The van der Waals surface area contributed by atoms with Crippen LogP contribution in [0, 0.1) is 13.8 Å². The third-order valence-corrected chi connectivity index (χ3v) is 4.52. The highest BCUT2D eigenvalue weighted by molar-refractivity contribution is 5.94. The van der Waals surface area contributed by atoms with Gasteiger partial charge in [-0.05, 0) is 44.0 Å². The Morgan fingerprint density at radius 1 is 1.07 bits per heavy atom. The maximum absolute atomic E-state index is 12.4. The zero-order valence-corrected chi connectivity index (χ0v) is 16.8. The molecule has 0 aliphatic heterocycles. The summed E-state index contributed by atoms with van der Waals surface area (Å²) in [4.78, 5) is 12.4. The van der Waals surface area contributed by atoms with E-state index in [-0.39, 0.29) is 5.91 Å². The molecule has 0 unspecified atom stereocenters. The van der Waals surface area contributed by atoms with Crippen LogP contribution in [0.3, 0.4) is 0 Å². The van der Waals surface area contributed by atoms with Gasteiger partial charge in [0, 0.05) is 18.7 Å². The number of carbonyl (C=O) groups is 1. The lowest BCUT2D eigenvalue weighted by molar-refractivity contribution is 0.0934. The number of aromatic nitrogens is 1. The highest BCUT2D eigenvalue weighted by Crippen LogP contribution is 2.18. The first-order chi connectivity index (χ1) is 14.1. The molecule has 0 aliphatic rings. The lowest BCUT2D eigenvalue weighted by Gasteiger charge is -2.09. The van der Waals surface area contributed by atoms with Gasteiger partial charge < -0.3 is 19.3 Å². The zero-order valence-electron chi connectivity index (χ0n) is 16.8. The number of ether oxygens (including phenoxy) is 2. The van der Waals surface area contributed by atoms with Crippen molar-refractivity contribution in [1.82, 2.24) is 10.5 Å². The first-order valence-electron chi connectivity index (χ1n) is 9.68. The van der Waals surface area contributed by atoms with Crippen molar-refractivity contribution in [3.63, 3.8) is 0 Å². The summed E-state index contributed by atoms with van der Waals surface area (Å²) in [5.74, 6) is 1.24. The molecule has 0 radical (unpaired) electrons. The molecule has 0 aliphatic carbocycles. The molecule has 1 heterocycles. The molecule has 0 saturated carbocycles. The highest BCUT2D eigenvalue weighted by atomic mass is 16.5. The Morgan fingerprint density at radius 3 is 2.66 bits per heavy atom. The van der Waals surface area contributed by atoms with Crippen molar-refractivity contribution < 1.29 is 18.8 Å². The second-order valence-electron chi connectivity index (χ2n) is 6.77. The minimum atomic E-state index is -0.129. The van der Waals surface area contributed by atoms with Crippen molar-refractivity contribution in [2.75, 3.05) is 13.2 Å². The molecule has 0 saturated heterocycles. The lowest BCUT2D eigenvalue weighted by Crippen LogP contribution is -2.25. The van der Waals surface area contributed by atoms with Crippen molar-refractivity contribution in [3.05, 3.63) is 82.7 Å². The molecule has 0 fully saturated rings. The van der Waals surface area contributed by atoms with Gasteiger partial charge in [0.25, 0.3) is 5.91 Å². The molecule has 3 rings (SSSR count). The highest BCUT2D eigenvalue weighted by Gasteiger charge is 2.11. The lowest BCUT2D eigenvalue weighted by atomic mass is 10.2. The van der Waals surface area contributed by atoms with Crippen LogP contribution in [0.5, 0.6) is 5.75 Å². The van der Waals surface area contributed by atoms with Crippen molar-refractivity contribution in [2.24, 2.45) is 0 Å². The normalized spacial score (nSPS) is 10.7. The number of carbonyl (C=O) groups excluding carboxylic acids is 1. The Balaban J connectivity index is 1.39. The third kappa shape index (κ3) is 6.19. The molecule has 0 spiro atoms. The van der Waals surface area contributed by atoms with Crippen LogP contribution in [0.4, 0.5) is 0 Å². The molecule has 152 valence electrons. The molecule has 3 aromatic rings. The van der Waals surface area contributed by atoms with Crippen LogP contribution < -0.4 is 10.1 Å². The van der Waals surface area contributed by atoms with Crippen LogP contribution in [0.25, 0.3) is 0 Å². The first kappa shape index (κ1) is 20.6. The number of rotatable bonds is 10. The summed E-state index contributed by atoms with van der Waals surface area (Å²) in [6.07, 6.45) is 0.751. The number of aryl methyl sites for hydroxylation is 2. The van der Waals surface area contributed by atoms with Crippen molar-refractivity contribution in [2.45, 2.75) is 33.5 Å². The average molecular weight is 394 g/mol. The Bertz CT molecular complexity index is 902. The fourth-order valence-corrected chi connectivity index (χ4v) is 2.83. The maximum atomic E-state index is 12.4. The molecule has 0 atom stereocenters. The van der Waals surface area contributed by atoms with Crippen molar-refractivity contribution in [3.8, 4) is 5.75 Å². The van der Waals surface area contributed by atoms with Gasteiger partial charge >= 0.3 is 0 Å². The summed E-state index contributed by atoms with van der Waals surface area (Å²) in [5, 5.41) is 6.83. The van der Waals surface area contributed by atoms with E-state index in [9.17, 15) is 4.79 Å². The second-order valence-corrected chi connectivity index (χ2v) is 6.77. The maximum Gasteiger partial charge on any atom is 0.251 e. The SMILES string of the molecule is Cc1noc(C)c1COc1cccc(C(=O)NCCCOCc2ccccc2)c1. The van der Waals surface area contributed by atoms with Gasteiger partial charge in [-0.15, -0.1) is 0 Å². The van der Waals surface area contributed by atoms with Gasteiger partial charge in [0.1, 0.15) is 18.1 Å². The monoisotopic (exact) mass is 394 g/mol. The predicted molar refractivity (Wildman–Crippen MR) is 110 cm³/mol. The number of benzene rings is 2. The van der Waals surface area contributed by atoms with Crippen LogP contribution >= 0.6 is 0 Å². The Kier molecular flexibility index (Phi) is 7.41. The molecule has 6 nitrogen and oxygen atoms in total. The largest absolute Gasteiger partial charge is 0.489 e. The van der Waals surface area contributed by atoms with Crippen LogP contribution in [0.1, 0.15) is 39.4 Å². The van der Waals surface area contributed by atoms with E-state index in [1.807, 2.05) is 50.2 Å². The van der Waals surface area contributed by atoms with E-state index in [2.05, 4.69) is 10.5 Å². The zero-order chi connectivity index (χ0) is 20.5. The van der Waals surface area contributed by atoms with E-state index in [1.54, 1.807) is 18.2 Å². The van der Waals surface area contributed by atoms with Gasteiger partial charge in [0.05, 0.1) is 17.9 Å². The summed E-state index contributed by atoms with van der Waals surface area (Å²) in [7, 11) is 0. The van der Waals surface area contributed by atoms with Gasteiger partial charge in [-0.2, -0.15) is 0 Å². The molecule has 2 aromatic carbocycles. The van der Waals surface area contributed by atoms with Crippen LogP contribution in [0.2, 0.25) is 0 Å². The number of amides is 1.